The lowest BCUT2D eigenvalue weighted by Crippen LogP contribution is -2.40. The molecule has 1 atom stereocenters. The lowest BCUT2D eigenvalue weighted by atomic mass is 10.2. The zero-order valence-electron chi connectivity index (χ0n) is 17.1. The van der Waals surface area contributed by atoms with E-state index in [0.29, 0.717) is 6.61 Å². The van der Waals surface area contributed by atoms with Crippen molar-refractivity contribution in [2.75, 3.05) is 32.8 Å². The first-order valence-electron chi connectivity index (χ1n) is 10.0. The monoisotopic (exact) mass is 415 g/mol. The molecule has 1 aromatic carbocycles. The van der Waals surface area contributed by atoms with Crippen molar-refractivity contribution in [3.63, 3.8) is 0 Å². The second-order valence-electron chi connectivity index (χ2n) is 7.20. The minimum Gasteiger partial charge on any atom is -0.487 e. The Labute approximate surface area is 176 Å². The van der Waals surface area contributed by atoms with Gasteiger partial charge in [-0.1, -0.05) is 12.1 Å². The Morgan fingerprint density at radius 1 is 1.41 bits per heavy atom. The van der Waals surface area contributed by atoms with Crippen molar-refractivity contribution >= 4 is 23.3 Å². The molecule has 1 amide bonds. The highest BCUT2D eigenvalue weighted by Crippen LogP contribution is 2.17. The zero-order valence-corrected chi connectivity index (χ0v) is 17.9. The van der Waals surface area contributed by atoms with Crippen molar-refractivity contribution in [1.82, 2.24) is 15.2 Å². The Hall–Kier alpha value is -2.22. The Bertz CT molecular complexity index is 815. The molecule has 1 aliphatic rings. The standard InChI is InChI=1S/C22H29N3O3S/c1-17(8-9-25-10-12-27-13-11-25)23-22(26)7-6-19-4-3-5-21(14-19)28-15-20-16-29-18(2)24-20/h3-7,14,16-17H,8-13,15H2,1-2H3,(H,23,26)/b7-6+. The molecule has 7 heteroatoms. The lowest BCUT2D eigenvalue weighted by Gasteiger charge is -2.27. The fourth-order valence-electron chi connectivity index (χ4n) is 3.08. The van der Waals surface area contributed by atoms with Gasteiger partial charge in [0.2, 0.25) is 5.91 Å². The van der Waals surface area contributed by atoms with E-state index in [1.165, 1.54) is 0 Å². The number of hydrogen-bond donors (Lipinski definition) is 1. The van der Waals surface area contributed by atoms with E-state index in [4.69, 9.17) is 9.47 Å². The third kappa shape index (κ3) is 7.61. The molecule has 156 valence electrons. The number of nitrogens with zero attached hydrogens (tertiary/aromatic N) is 2. The fraction of sp³-hybridized carbons (Fsp3) is 0.455. The lowest BCUT2D eigenvalue weighted by molar-refractivity contribution is -0.117. The summed E-state index contributed by atoms with van der Waals surface area (Å²) < 4.78 is 11.2. The van der Waals surface area contributed by atoms with Gasteiger partial charge in [0.25, 0.3) is 0 Å². The minimum atomic E-state index is -0.0799. The number of rotatable bonds is 9. The van der Waals surface area contributed by atoms with Gasteiger partial charge in [-0.25, -0.2) is 4.98 Å². The third-order valence-corrected chi connectivity index (χ3v) is 5.53. The van der Waals surface area contributed by atoms with Crippen molar-refractivity contribution in [2.45, 2.75) is 32.9 Å². The molecule has 1 N–H and O–H groups in total. The Morgan fingerprint density at radius 3 is 3.00 bits per heavy atom. The van der Waals surface area contributed by atoms with Crippen LogP contribution in [0.5, 0.6) is 5.75 Å². The second-order valence-corrected chi connectivity index (χ2v) is 8.27. The van der Waals surface area contributed by atoms with Crippen molar-refractivity contribution < 1.29 is 14.3 Å². The van der Waals surface area contributed by atoms with Crippen molar-refractivity contribution in [3.05, 3.63) is 52.0 Å². The van der Waals surface area contributed by atoms with Crippen LogP contribution >= 0.6 is 11.3 Å². The van der Waals surface area contributed by atoms with Gasteiger partial charge in [-0.2, -0.15) is 0 Å². The van der Waals surface area contributed by atoms with Crippen molar-refractivity contribution in [3.8, 4) is 5.75 Å². The van der Waals surface area contributed by atoms with Gasteiger partial charge in [-0.05, 0) is 44.0 Å². The highest BCUT2D eigenvalue weighted by atomic mass is 32.1. The molecule has 1 aliphatic heterocycles. The smallest absolute Gasteiger partial charge is 0.244 e. The van der Waals surface area contributed by atoms with Gasteiger partial charge in [0.15, 0.2) is 0 Å². The van der Waals surface area contributed by atoms with Gasteiger partial charge >= 0.3 is 0 Å². The van der Waals surface area contributed by atoms with Crippen LogP contribution in [-0.4, -0.2) is 54.7 Å². The van der Waals surface area contributed by atoms with E-state index in [2.05, 4.69) is 15.2 Å². The second kappa shape index (κ2) is 11.1. The van der Waals surface area contributed by atoms with Gasteiger partial charge in [0, 0.05) is 37.1 Å². The fourth-order valence-corrected chi connectivity index (χ4v) is 3.67. The first-order chi connectivity index (χ1) is 14.1. The van der Waals surface area contributed by atoms with Crippen molar-refractivity contribution in [2.24, 2.45) is 0 Å². The number of aryl methyl sites for hydroxylation is 1. The van der Waals surface area contributed by atoms with Crippen LogP contribution in [0.1, 0.15) is 29.6 Å². The predicted molar refractivity (Wildman–Crippen MR) is 116 cm³/mol. The van der Waals surface area contributed by atoms with E-state index in [0.717, 1.165) is 61.3 Å². The van der Waals surface area contributed by atoms with Crippen LogP contribution in [0.4, 0.5) is 0 Å². The van der Waals surface area contributed by atoms with Gasteiger partial charge < -0.3 is 14.8 Å². The molecule has 1 fully saturated rings. The zero-order chi connectivity index (χ0) is 20.5. The maximum absolute atomic E-state index is 12.2. The summed E-state index contributed by atoms with van der Waals surface area (Å²) in [6, 6.07) is 7.83. The van der Waals surface area contributed by atoms with Crippen LogP contribution in [0, 0.1) is 6.92 Å². The summed E-state index contributed by atoms with van der Waals surface area (Å²) in [5.74, 6) is 0.681. The molecule has 2 aromatic rings. The summed E-state index contributed by atoms with van der Waals surface area (Å²) in [6.07, 6.45) is 4.32. The SMILES string of the molecule is Cc1nc(COc2cccc(/C=C/C(=O)NC(C)CCN3CCOCC3)c2)cs1. The van der Waals surface area contributed by atoms with Crippen LogP contribution in [0.25, 0.3) is 6.08 Å². The molecule has 29 heavy (non-hydrogen) atoms. The molecule has 0 bridgehead atoms. The number of thiazole rings is 1. The highest BCUT2D eigenvalue weighted by Gasteiger charge is 2.12. The summed E-state index contributed by atoms with van der Waals surface area (Å²) in [6.45, 7) is 8.99. The van der Waals surface area contributed by atoms with Crippen LogP contribution < -0.4 is 10.1 Å². The molecule has 2 heterocycles. The van der Waals surface area contributed by atoms with E-state index < -0.39 is 0 Å². The summed E-state index contributed by atoms with van der Waals surface area (Å²) >= 11 is 1.62. The van der Waals surface area contributed by atoms with Gasteiger partial charge in [0.05, 0.1) is 23.9 Å². The maximum atomic E-state index is 12.2. The molecule has 1 saturated heterocycles. The molecule has 0 radical (unpaired) electrons. The van der Waals surface area contributed by atoms with Crippen LogP contribution in [-0.2, 0) is 16.1 Å². The first-order valence-corrected chi connectivity index (χ1v) is 10.9. The van der Waals surface area contributed by atoms with Crippen LogP contribution in [0.3, 0.4) is 0 Å². The third-order valence-electron chi connectivity index (χ3n) is 4.71. The van der Waals surface area contributed by atoms with Gasteiger partial charge in [-0.3, -0.25) is 9.69 Å². The van der Waals surface area contributed by atoms with E-state index in [1.54, 1.807) is 17.4 Å². The minimum absolute atomic E-state index is 0.0799. The number of amides is 1. The number of morpholine rings is 1. The van der Waals surface area contributed by atoms with E-state index >= 15 is 0 Å². The number of hydrogen-bond acceptors (Lipinski definition) is 6. The van der Waals surface area contributed by atoms with Crippen LogP contribution in [0.2, 0.25) is 0 Å². The maximum Gasteiger partial charge on any atom is 0.244 e. The number of aromatic nitrogens is 1. The van der Waals surface area contributed by atoms with E-state index in [1.807, 2.05) is 49.6 Å². The molecular formula is C22H29N3O3S. The molecule has 1 unspecified atom stereocenters. The Balaban J connectivity index is 1.42. The topological polar surface area (TPSA) is 63.7 Å². The Kier molecular flexibility index (Phi) is 8.22. The number of ether oxygens (including phenoxy) is 2. The summed E-state index contributed by atoms with van der Waals surface area (Å²) in [4.78, 5) is 19.0. The average molecular weight is 416 g/mol. The van der Waals surface area contributed by atoms with E-state index in [-0.39, 0.29) is 11.9 Å². The molecule has 0 aliphatic carbocycles. The summed E-state index contributed by atoms with van der Waals surface area (Å²) in [5, 5.41) is 6.07. The van der Waals surface area contributed by atoms with Crippen LogP contribution in [0.15, 0.2) is 35.7 Å². The Morgan fingerprint density at radius 2 is 2.24 bits per heavy atom. The molecule has 6 nitrogen and oxygen atoms in total. The first kappa shape index (κ1) is 21.5. The van der Waals surface area contributed by atoms with Gasteiger partial charge in [0.1, 0.15) is 12.4 Å². The molecule has 1 aromatic heterocycles. The normalized spacial score (nSPS) is 16.1. The molecule has 0 saturated carbocycles. The highest BCUT2D eigenvalue weighted by molar-refractivity contribution is 7.09. The number of carbonyl (C=O) groups excluding carboxylic acids is 1. The molecular weight excluding hydrogens is 386 g/mol. The number of benzene rings is 1. The largest absolute Gasteiger partial charge is 0.487 e. The molecule has 3 rings (SSSR count). The van der Waals surface area contributed by atoms with Gasteiger partial charge in [-0.15, -0.1) is 11.3 Å². The van der Waals surface area contributed by atoms with Crippen molar-refractivity contribution in [1.29, 1.82) is 0 Å². The summed E-state index contributed by atoms with van der Waals surface area (Å²) in [7, 11) is 0. The molecule has 0 spiro atoms. The average Bonchev–Trinajstić information content (AvgIpc) is 3.15. The predicted octanol–water partition coefficient (Wildman–Crippen LogP) is 3.27. The van der Waals surface area contributed by atoms with E-state index in [9.17, 15) is 4.79 Å². The summed E-state index contributed by atoms with van der Waals surface area (Å²) in [5.41, 5.74) is 1.85. The quantitative estimate of drug-likeness (QED) is 0.637. The number of nitrogens with one attached hydrogen (secondary N) is 1. The number of carbonyl (C=O) groups is 1.